The van der Waals surface area contributed by atoms with Gasteiger partial charge in [-0.15, -0.1) is 0 Å². The van der Waals surface area contributed by atoms with Crippen molar-refractivity contribution < 1.29 is 20.0 Å². The van der Waals surface area contributed by atoms with Crippen molar-refractivity contribution in [1.82, 2.24) is 0 Å². The number of benzene rings is 1. The summed E-state index contributed by atoms with van der Waals surface area (Å²) in [5.74, 6) is -0.437. The quantitative estimate of drug-likeness (QED) is 0.810. The minimum atomic E-state index is -0.838. The van der Waals surface area contributed by atoms with E-state index in [1.807, 2.05) is 12.1 Å². The fraction of sp³-hybridized carbons (Fsp3) is 0.467. The number of aliphatic carboxylic acids is 1. The molecule has 3 N–H and O–H groups in total. The molecule has 0 atom stereocenters. The molecular weight excluding hydrogens is 242 g/mol. The lowest BCUT2D eigenvalue weighted by molar-refractivity contribution is -0.488. The molecule has 2 rings (SSSR count). The van der Waals surface area contributed by atoms with E-state index in [1.165, 1.54) is 6.42 Å². The number of rotatable bonds is 4. The minimum absolute atomic E-state index is 0.0247. The maximum absolute atomic E-state index is 12.1. The van der Waals surface area contributed by atoms with Crippen molar-refractivity contribution in [2.75, 3.05) is 0 Å². The lowest BCUT2D eigenvalue weighted by Crippen LogP contribution is -2.84. The zero-order valence-electron chi connectivity index (χ0n) is 11.0. The number of primary amides is 1. The topological polar surface area (TPSA) is 71.0 Å². The predicted molar refractivity (Wildman–Crippen MR) is 70.9 cm³/mol. The standard InChI is InChI=1S/C15H19NO3/c17-14(18)10-11-6-8-13(9-7-11)16-15(19)12-4-2-1-3-5-12/h6-9,12H,1-5,10H2,(H,16,19)(H,17,18)/p+1. The summed E-state index contributed by atoms with van der Waals surface area (Å²) in [6.45, 7) is 0. The molecule has 1 saturated carbocycles. The van der Waals surface area contributed by atoms with Gasteiger partial charge in [0.1, 0.15) is 5.69 Å². The molecule has 0 bridgehead atoms. The smallest absolute Gasteiger partial charge is 0.318 e. The van der Waals surface area contributed by atoms with Gasteiger partial charge in [0.15, 0.2) is 0 Å². The fourth-order valence-corrected chi connectivity index (χ4v) is 2.58. The highest BCUT2D eigenvalue weighted by Crippen LogP contribution is 2.22. The number of carbonyl (C=O) groups is 2. The van der Waals surface area contributed by atoms with Crippen molar-refractivity contribution in [3.63, 3.8) is 0 Å². The molecule has 1 aliphatic rings. The lowest BCUT2D eigenvalue weighted by Gasteiger charge is -2.17. The number of carbonyl (C=O) groups excluding carboxylic acids is 1. The van der Waals surface area contributed by atoms with E-state index < -0.39 is 5.97 Å². The summed E-state index contributed by atoms with van der Waals surface area (Å²) in [6, 6.07) is 7.18. The molecule has 1 amide bonds. The van der Waals surface area contributed by atoms with E-state index in [-0.39, 0.29) is 18.2 Å². The van der Waals surface area contributed by atoms with Crippen molar-refractivity contribution in [1.29, 1.82) is 0 Å². The number of carboxylic acids is 1. The van der Waals surface area contributed by atoms with Crippen LogP contribution in [0.15, 0.2) is 24.3 Å². The average Bonchev–Trinajstić information content (AvgIpc) is 2.41. The second kappa shape index (κ2) is 6.48. The summed E-state index contributed by atoms with van der Waals surface area (Å²) >= 11 is 0. The van der Waals surface area contributed by atoms with Crippen molar-refractivity contribution in [3.8, 4) is 0 Å². The molecule has 0 heterocycles. The maximum atomic E-state index is 12.1. The monoisotopic (exact) mass is 262 g/mol. The summed E-state index contributed by atoms with van der Waals surface area (Å²) in [6.07, 6.45) is 5.59. The number of carboxylic acid groups (broad SMARTS) is 1. The van der Waals surface area contributed by atoms with Crippen LogP contribution in [0.5, 0.6) is 0 Å². The van der Waals surface area contributed by atoms with E-state index in [1.54, 1.807) is 17.4 Å². The van der Waals surface area contributed by atoms with Crippen LogP contribution in [0.1, 0.15) is 37.7 Å². The van der Waals surface area contributed by atoms with E-state index in [4.69, 9.17) is 5.11 Å². The highest BCUT2D eigenvalue weighted by Gasteiger charge is 2.24. The highest BCUT2D eigenvalue weighted by molar-refractivity contribution is 5.72. The summed E-state index contributed by atoms with van der Waals surface area (Å²) in [7, 11) is 0. The molecule has 4 heteroatoms. The van der Waals surface area contributed by atoms with E-state index in [2.05, 4.69) is 0 Å². The lowest BCUT2D eigenvalue weighted by atomic mass is 9.88. The molecule has 0 aromatic heterocycles. The van der Waals surface area contributed by atoms with Gasteiger partial charge in [-0.1, -0.05) is 31.4 Å². The Balaban J connectivity index is 1.91. The van der Waals surface area contributed by atoms with E-state index in [0.29, 0.717) is 0 Å². The average molecular weight is 262 g/mol. The molecule has 0 saturated heterocycles. The molecule has 19 heavy (non-hydrogen) atoms. The molecule has 0 spiro atoms. The van der Waals surface area contributed by atoms with Gasteiger partial charge in [-0.3, -0.25) is 10.1 Å². The third-order valence-corrected chi connectivity index (χ3v) is 3.65. The summed E-state index contributed by atoms with van der Waals surface area (Å²) in [4.78, 5) is 22.7. The minimum Gasteiger partial charge on any atom is -0.481 e. The van der Waals surface area contributed by atoms with Crippen LogP contribution >= 0.6 is 0 Å². The van der Waals surface area contributed by atoms with Gasteiger partial charge < -0.3 is 5.11 Å². The zero-order valence-corrected chi connectivity index (χ0v) is 11.0. The van der Waals surface area contributed by atoms with Gasteiger partial charge in [0, 0.05) is 0 Å². The van der Waals surface area contributed by atoms with Gasteiger partial charge in [0.05, 0.1) is 12.3 Å². The van der Waals surface area contributed by atoms with Crippen molar-refractivity contribution in [2.45, 2.75) is 38.5 Å². The van der Waals surface area contributed by atoms with Gasteiger partial charge in [-0.2, -0.15) is 0 Å². The fourth-order valence-electron chi connectivity index (χ4n) is 2.58. The van der Waals surface area contributed by atoms with Gasteiger partial charge in [0.2, 0.25) is 0 Å². The first-order valence-corrected chi connectivity index (χ1v) is 6.84. The van der Waals surface area contributed by atoms with Crippen LogP contribution in [0.2, 0.25) is 0 Å². The molecule has 1 aromatic rings. The zero-order chi connectivity index (χ0) is 13.7. The maximum Gasteiger partial charge on any atom is 0.318 e. The van der Waals surface area contributed by atoms with Crippen LogP contribution in [-0.2, 0) is 16.0 Å². The molecule has 0 aliphatic heterocycles. The van der Waals surface area contributed by atoms with Crippen molar-refractivity contribution in [3.05, 3.63) is 29.8 Å². The molecule has 1 aliphatic carbocycles. The molecule has 102 valence electrons. The Morgan fingerprint density at radius 2 is 1.74 bits per heavy atom. The third kappa shape index (κ3) is 4.17. The second-order valence-corrected chi connectivity index (χ2v) is 5.19. The van der Waals surface area contributed by atoms with Gasteiger partial charge >= 0.3 is 11.9 Å². The SMILES string of the molecule is O=C(O)Cc1ccc([NH2+]C(=O)C2CCCCC2)cc1. The third-order valence-electron chi connectivity index (χ3n) is 3.65. The van der Waals surface area contributed by atoms with Crippen molar-refractivity contribution >= 4 is 17.6 Å². The first kappa shape index (κ1) is 13.7. The van der Waals surface area contributed by atoms with Crippen LogP contribution in [0.3, 0.4) is 0 Å². The van der Waals surface area contributed by atoms with Gasteiger partial charge in [-0.25, -0.2) is 4.79 Å². The summed E-state index contributed by atoms with van der Waals surface area (Å²) < 4.78 is 0. The Morgan fingerprint density at radius 3 is 2.32 bits per heavy atom. The molecule has 1 fully saturated rings. The summed E-state index contributed by atoms with van der Waals surface area (Å²) in [5, 5.41) is 10.4. The Labute approximate surface area is 112 Å². The van der Waals surface area contributed by atoms with Crippen LogP contribution in [0.25, 0.3) is 0 Å². The number of quaternary nitrogens is 1. The first-order chi connectivity index (χ1) is 9.15. The molecular formula is C15H20NO3+. The summed E-state index contributed by atoms with van der Waals surface area (Å²) in [5.41, 5.74) is 1.62. The first-order valence-electron chi connectivity index (χ1n) is 6.84. The van der Waals surface area contributed by atoms with E-state index in [0.717, 1.165) is 36.9 Å². The number of hydrogen-bond acceptors (Lipinski definition) is 2. The molecule has 1 aromatic carbocycles. The largest absolute Gasteiger partial charge is 0.481 e. The number of hydrogen-bond donors (Lipinski definition) is 2. The van der Waals surface area contributed by atoms with Crippen molar-refractivity contribution in [2.24, 2.45) is 5.92 Å². The van der Waals surface area contributed by atoms with Crippen LogP contribution < -0.4 is 5.32 Å². The highest BCUT2D eigenvalue weighted by atomic mass is 16.4. The Hall–Kier alpha value is -1.68. The Morgan fingerprint density at radius 1 is 1.11 bits per heavy atom. The predicted octanol–water partition coefficient (Wildman–Crippen LogP) is 1.62. The van der Waals surface area contributed by atoms with Gasteiger partial charge in [-0.05, 0) is 30.5 Å². The second-order valence-electron chi connectivity index (χ2n) is 5.19. The van der Waals surface area contributed by atoms with Crippen LogP contribution in [0, 0.1) is 5.92 Å². The Bertz CT molecular complexity index is 447. The van der Waals surface area contributed by atoms with Crippen LogP contribution in [0.4, 0.5) is 5.69 Å². The normalized spacial score (nSPS) is 16.2. The van der Waals surface area contributed by atoms with Crippen LogP contribution in [-0.4, -0.2) is 17.0 Å². The molecule has 0 radical (unpaired) electrons. The van der Waals surface area contributed by atoms with Gasteiger partial charge in [0.25, 0.3) is 0 Å². The number of amides is 1. The van der Waals surface area contributed by atoms with E-state index in [9.17, 15) is 9.59 Å². The number of nitrogens with two attached hydrogens (primary N) is 1. The van der Waals surface area contributed by atoms with E-state index >= 15 is 0 Å². The molecule has 4 nitrogen and oxygen atoms in total. The molecule has 0 unspecified atom stereocenters. The Kier molecular flexibility index (Phi) is 4.68.